The molecule has 82 valence electrons. The van der Waals surface area contributed by atoms with Gasteiger partial charge in [-0.1, -0.05) is 12.1 Å². The zero-order valence-corrected chi connectivity index (χ0v) is 9.48. The molecule has 0 aliphatic carbocycles. The fourth-order valence-corrected chi connectivity index (χ4v) is 2.46. The molecule has 1 unspecified atom stereocenters. The van der Waals surface area contributed by atoms with Crippen molar-refractivity contribution < 1.29 is 5.11 Å². The second kappa shape index (κ2) is 4.23. The molecule has 2 nitrogen and oxygen atoms in total. The summed E-state index contributed by atoms with van der Waals surface area (Å²) < 4.78 is 0. The van der Waals surface area contributed by atoms with Crippen LogP contribution in [0.5, 0.6) is 5.75 Å². The smallest absolute Gasteiger partial charge is 0.115 e. The first-order valence-corrected chi connectivity index (χ1v) is 5.73. The molecular formula is C13H19NO. The predicted octanol–water partition coefficient (Wildman–Crippen LogP) is 2.94. The quantitative estimate of drug-likeness (QED) is 0.802. The highest BCUT2D eigenvalue weighted by molar-refractivity contribution is 5.28. The van der Waals surface area contributed by atoms with Crippen LogP contribution < -0.4 is 0 Å². The van der Waals surface area contributed by atoms with Crippen LogP contribution in [0.2, 0.25) is 0 Å². The van der Waals surface area contributed by atoms with Crippen molar-refractivity contribution in [2.75, 3.05) is 6.54 Å². The van der Waals surface area contributed by atoms with Crippen LogP contribution in [0.25, 0.3) is 0 Å². The standard InChI is InChI=1S/C13H19NO/c1-10(2)14-9-3-4-13(14)11-5-7-12(15)8-6-11/h5-8,10,13,15H,3-4,9H2,1-2H3. The summed E-state index contributed by atoms with van der Waals surface area (Å²) in [5, 5.41) is 9.26. The van der Waals surface area contributed by atoms with Crippen LogP contribution in [0, 0.1) is 0 Å². The molecule has 1 heterocycles. The summed E-state index contributed by atoms with van der Waals surface area (Å²) in [7, 11) is 0. The highest BCUT2D eigenvalue weighted by Gasteiger charge is 2.27. The molecular weight excluding hydrogens is 186 g/mol. The lowest BCUT2D eigenvalue weighted by molar-refractivity contribution is 0.205. The Labute approximate surface area is 91.5 Å². The molecule has 1 fully saturated rings. The lowest BCUT2D eigenvalue weighted by atomic mass is 10.0. The summed E-state index contributed by atoms with van der Waals surface area (Å²) in [4.78, 5) is 2.53. The third kappa shape index (κ3) is 2.15. The average molecular weight is 205 g/mol. The Balaban J connectivity index is 2.19. The van der Waals surface area contributed by atoms with Gasteiger partial charge < -0.3 is 5.11 Å². The number of phenols is 1. The van der Waals surface area contributed by atoms with Crippen molar-refractivity contribution >= 4 is 0 Å². The highest BCUT2D eigenvalue weighted by Crippen LogP contribution is 2.33. The van der Waals surface area contributed by atoms with Gasteiger partial charge in [0.2, 0.25) is 0 Å². The maximum Gasteiger partial charge on any atom is 0.115 e. The minimum Gasteiger partial charge on any atom is -0.508 e. The van der Waals surface area contributed by atoms with E-state index in [1.807, 2.05) is 12.1 Å². The molecule has 15 heavy (non-hydrogen) atoms. The Morgan fingerprint density at radius 1 is 1.27 bits per heavy atom. The molecule has 0 radical (unpaired) electrons. The van der Waals surface area contributed by atoms with Crippen LogP contribution >= 0.6 is 0 Å². The van der Waals surface area contributed by atoms with Gasteiger partial charge in [0.1, 0.15) is 5.75 Å². The SMILES string of the molecule is CC(C)N1CCCC1c1ccc(O)cc1. The first-order chi connectivity index (χ1) is 7.18. The Kier molecular flexibility index (Phi) is 2.96. The number of nitrogens with zero attached hydrogens (tertiary/aromatic N) is 1. The molecule has 1 atom stereocenters. The van der Waals surface area contributed by atoms with Gasteiger partial charge in [-0.25, -0.2) is 0 Å². The molecule has 0 spiro atoms. The maximum atomic E-state index is 9.26. The monoisotopic (exact) mass is 205 g/mol. The lowest BCUT2D eigenvalue weighted by Gasteiger charge is -2.28. The Morgan fingerprint density at radius 2 is 1.93 bits per heavy atom. The molecule has 1 aromatic rings. The van der Waals surface area contributed by atoms with Crippen molar-refractivity contribution in [1.29, 1.82) is 0 Å². The van der Waals surface area contributed by atoms with Crippen LogP contribution in [-0.4, -0.2) is 22.6 Å². The van der Waals surface area contributed by atoms with Gasteiger partial charge in [0, 0.05) is 12.1 Å². The molecule has 0 amide bonds. The number of benzene rings is 1. The van der Waals surface area contributed by atoms with Gasteiger partial charge >= 0.3 is 0 Å². The van der Waals surface area contributed by atoms with Gasteiger partial charge in [-0.2, -0.15) is 0 Å². The van der Waals surface area contributed by atoms with Crippen molar-refractivity contribution in [2.45, 2.75) is 38.8 Å². The van der Waals surface area contributed by atoms with Gasteiger partial charge in [-0.05, 0) is 50.9 Å². The van der Waals surface area contributed by atoms with Crippen LogP contribution in [0.15, 0.2) is 24.3 Å². The van der Waals surface area contributed by atoms with Crippen LogP contribution in [0.3, 0.4) is 0 Å². The van der Waals surface area contributed by atoms with Crippen LogP contribution in [0.4, 0.5) is 0 Å². The van der Waals surface area contributed by atoms with E-state index in [9.17, 15) is 5.11 Å². The molecule has 2 rings (SSSR count). The average Bonchev–Trinajstić information content (AvgIpc) is 2.67. The fourth-order valence-electron chi connectivity index (χ4n) is 2.46. The van der Waals surface area contributed by atoms with Crippen LogP contribution in [0.1, 0.15) is 38.3 Å². The number of hydrogen-bond donors (Lipinski definition) is 1. The Bertz CT molecular complexity index is 318. The van der Waals surface area contributed by atoms with Gasteiger partial charge in [-0.15, -0.1) is 0 Å². The van der Waals surface area contributed by atoms with Crippen molar-refractivity contribution in [1.82, 2.24) is 4.90 Å². The number of likely N-dealkylation sites (tertiary alicyclic amines) is 1. The topological polar surface area (TPSA) is 23.5 Å². The van der Waals surface area contributed by atoms with E-state index in [1.165, 1.54) is 24.9 Å². The number of rotatable bonds is 2. The number of phenolic OH excluding ortho intramolecular Hbond substituents is 1. The van der Waals surface area contributed by atoms with E-state index >= 15 is 0 Å². The third-order valence-corrected chi connectivity index (χ3v) is 3.24. The summed E-state index contributed by atoms with van der Waals surface area (Å²) in [6.45, 7) is 5.70. The fraction of sp³-hybridized carbons (Fsp3) is 0.538. The lowest BCUT2D eigenvalue weighted by Crippen LogP contribution is -2.30. The number of hydrogen-bond acceptors (Lipinski definition) is 2. The second-order valence-corrected chi connectivity index (χ2v) is 4.58. The van der Waals surface area contributed by atoms with Gasteiger partial charge in [-0.3, -0.25) is 4.90 Å². The van der Waals surface area contributed by atoms with Crippen LogP contribution in [-0.2, 0) is 0 Å². The van der Waals surface area contributed by atoms with E-state index in [0.717, 1.165) is 0 Å². The normalized spacial score (nSPS) is 22.5. The highest BCUT2D eigenvalue weighted by atomic mass is 16.3. The van der Waals surface area contributed by atoms with Crippen molar-refractivity contribution in [3.8, 4) is 5.75 Å². The molecule has 0 aromatic heterocycles. The molecule has 0 bridgehead atoms. The van der Waals surface area contributed by atoms with Crippen molar-refractivity contribution in [3.63, 3.8) is 0 Å². The summed E-state index contributed by atoms with van der Waals surface area (Å²) >= 11 is 0. The Hall–Kier alpha value is -1.02. The van der Waals surface area contributed by atoms with E-state index in [-0.39, 0.29) is 0 Å². The molecule has 1 N–H and O–H groups in total. The summed E-state index contributed by atoms with van der Waals surface area (Å²) in [5.74, 6) is 0.354. The van der Waals surface area contributed by atoms with E-state index in [4.69, 9.17) is 0 Å². The largest absolute Gasteiger partial charge is 0.508 e. The molecule has 0 saturated carbocycles. The second-order valence-electron chi connectivity index (χ2n) is 4.58. The van der Waals surface area contributed by atoms with Gasteiger partial charge in [0.05, 0.1) is 0 Å². The van der Waals surface area contributed by atoms with E-state index < -0.39 is 0 Å². The first-order valence-electron chi connectivity index (χ1n) is 5.73. The van der Waals surface area contributed by atoms with Crippen molar-refractivity contribution in [2.24, 2.45) is 0 Å². The summed E-state index contributed by atoms with van der Waals surface area (Å²) in [6, 6.07) is 8.80. The zero-order chi connectivity index (χ0) is 10.8. The summed E-state index contributed by atoms with van der Waals surface area (Å²) in [5.41, 5.74) is 1.33. The first kappa shape index (κ1) is 10.5. The van der Waals surface area contributed by atoms with E-state index in [1.54, 1.807) is 12.1 Å². The molecule has 1 aromatic carbocycles. The summed E-state index contributed by atoms with van der Waals surface area (Å²) in [6.07, 6.45) is 2.52. The number of aromatic hydroxyl groups is 1. The molecule has 1 saturated heterocycles. The third-order valence-electron chi connectivity index (χ3n) is 3.24. The van der Waals surface area contributed by atoms with E-state index in [0.29, 0.717) is 17.8 Å². The predicted molar refractivity (Wildman–Crippen MR) is 61.9 cm³/mol. The Morgan fingerprint density at radius 3 is 2.53 bits per heavy atom. The molecule has 2 heteroatoms. The van der Waals surface area contributed by atoms with Gasteiger partial charge in [0.25, 0.3) is 0 Å². The maximum absolute atomic E-state index is 9.26. The van der Waals surface area contributed by atoms with Gasteiger partial charge in [0.15, 0.2) is 0 Å². The van der Waals surface area contributed by atoms with E-state index in [2.05, 4.69) is 18.7 Å². The minimum atomic E-state index is 0.354. The van der Waals surface area contributed by atoms with Crippen molar-refractivity contribution in [3.05, 3.63) is 29.8 Å². The zero-order valence-electron chi connectivity index (χ0n) is 9.48. The molecule has 1 aliphatic heterocycles. The minimum absolute atomic E-state index is 0.354. The molecule has 1 aliphatic rings.